The van der Waals surface area contributed by atoms with Gasteiger partial charge >= 0.3 is 0 Å². The summed E-state index contributed by atoms with van der Waals surface area (Å²) in [5.41, 5.74) is 8.85. The number of hydrogen-bond donors (Lipinski definition) is 1. The van der Waals surface area contributed by atoms with E-state index in [0.717, 1.165) is 30.1 Å². The number of nitrogens with zero attached hydrogens (tertiary/aromatic N) is 2. The minimum Gasteiger partial charge on any atom is -0.340 e. The molecule has 1 amide bonds. The number of nitrogens with two attached hydrogens (primary N) is 1. The summed E-state index contributed by atoms with van der Waals surface area (Å²) in [6, 6.07) is -0.486. The maximum Gasteiger partial charge on any atom is 0.245 e. The normalized spacial score (nSPS) is 25.4. The largest absolute Gasteiger partial charge is 0.340 e. The van der Waals surface area contributed by atoms with E-state index in [9.17, 15) is 4.79 Å². The van der Waals surface area contributed by atoms with Gasteiger partial charge in [-0.3, -0.25) is 4.79 Å². The van der Waals surface area contributed by atoms with E-state index in [1.54, 1.807) is 5.51 Å². The number of aromatic nitrogens is 1. The lowest BCUT2D eigenvalue weighted by molar-refractivity contribution is -0.133. The molecule has 0 spiro atoms. The fourth-order valence-electron chi connectivity index (χ4n) is 2.55. The molecule has 0 bridgehead atoms. The number of carbonyl (C=O) groups excluding carboxylic acids is 1. The molecule has 1 fully saturated rings. The van der Waals surface area contributed by atoms with Crippen molar-refractivity contribution in [2.45, 2.75) is 31.7 Å². The van der Waals surface area contributed by atoms with Gasteiger partial charge in [-0.25, -0.2) is 4.98 Å². The second-order valence-electron chi connectivity index (χ2n) is 4.97. The van der Waals surface area contributed by atoms with Crippen molar-refractivity contribution in [3.05, 3.63) is 16.1 Å². The standard InChI is InChI=1S/C12H17N3OS/c13-10-11-9(14-7-17-11)4-5-15(12(10)16)6-8-2-1-3-8/h7-8,10H,1-6,13H2. The number of hydrogen-bond acceptors (Lipinski definition) is 4. The number of fused-ring (bicyclic) bond motifs is 1. The molecule has 92 valence electrons. The second kappa shape index (κ2) is 4.38. The van der Waals surface area contributed by atoms with Gasteiger partial charge in [0.15, 0.2) is 0 Å². The van der Waals surface area contributed by atoms with E-state index in [1.807, 2.05) is 4.90 Å². The Hall–Kier alpha value is -0.940. The molecular weight excluding hydrogens is 234 g/mol. The van der Waals surface area contributed by atoms with Crippen LogP contribution in [0.5, 0.6) is 0 Å². The van der Waals surface area contributed by atoms with Crippen LogP contribution in [-0.4, -0.2) is 28.9 Å². The summed E-state index contributed by atoms with van der Waals surface area (Å²) < 4.78 is 0. The number of amides is 1. The average Bonchev–Trinajstić information content (AvgIpc) is 2.69. The van der Waals surface area contributed by atoms with Crippen LogP contribution >= 0.6 is 11.3 Å². The molecule has 0 radical (unpaired) electrons. The Morgan fingerprint density at radius 2 is 2.35 bits per heavy atom. The first-order chi connectivity index (χ1) is 8.25. The van der Waals surface area contributed by atoms with Gasteiger partial charge in [-0.1, -0.05) is 6.42 Å². The highest BCUT2D eigenvalue weighted by atomic mass is 32.1. The van der Waals surface area contributed by atoms with Gasteiger partial charge in [0.25, 0.3) is 0 Å². The summed E-state index contributed by atoms with van der Waals surface area (Å²) in [6.07, 6.45) is 4.69. The van der Waals surface area contributed by atoms with E-state index < -0.39 is 6.04 Å². The number of thiazole rings is 1. The second-order valence-corrected chi connectivity index (χ2v) is 5.86. The van der Waals surface area contributed by atoms with Crippen LogP contribution in [-0.2, 0) is 11.2 Å². The van der Waals surface area contributed by atoms with E-state index in [4.69, 9.17) is 5.73 Å². The van der Waals surface area contributed by atoms with Crippen molar-refractivity contribution in [2.24, 2.45) is 11.7 Å². The van der Waals surface area contributed by atoms with Crippen molar-refractivity contribution in [1.82, 2.24) is 9.88 Å². The molecule has 1 atom stereocenters. The molecular formula is C12H17N3OS. The van der Waals surface area contributed by atoms with Crippen molar-refractivity contribution < 1.29 is 4.79 Å². The highest BCUT2D eigenvalue weighted by Gasteiger charge is 2.32. The van der Waals surface area contributed by atoms with Crippen molar-refractivity contribution in [3.8, 4) is 0 Å². The molecule has 1 saturated carbocycles. The molecule has 3 rings (SSSR count). The topological polar surface area (TPSA) is 59.2 Å². The van der Waals surface area contributed by atoms with Gasteiger partial charge in [0.05, 0.1) is 16.1 Å². The molecule has 1 aliphatic heterocycles. The molecule has 0 aromatic carbocycles. The zero-order valence-corrected chi connectivity index (χ0v) is 10.6. The maximum atomic E-state index is 12.3. The van der Waals surface area contributed by atoms with Crippen LogP contribution in [0.2, 0.25) is 0 Å². The van der Waals surface area contributed by atoms with Gasteiger partial charge in [-0.05, 0) is 18.8 Å². The zero-order valence-electron chi connectivity index (χ0n) is 9.76. The summed E-state index contributed by atoms with van der Waals surface area (Å²) in [7, 11) is 0. The van der Waals surface area contributed by atoms with Gasteiger partial charge in [0.2, 0.25) is 5.91 Å². The van der Waals surface area contributed by atoms with E-state index in [1.165, 1.54) is 30.6 Å². The van der Waals surface area contributed by atoms with Gasteiger partial charge in [-0.15, -0.1) is 11.3 Å². The van der Waals surface area contributed by atoms with Crippen LogP contribution in [0.15, 0.2) is 5.51 Å². The van der Waals surface area contributed by atoms with Gasteiger partial charge < -0.3 is 10.6 Å². The van der Waals surface area contributed by atoms with Crippen LogP contribution in [0.3, 0.4) is 0 Å². The van der Waals surface area contributed by atoms with Gasteiger partial charge in [0, 0.05) is 19.5 Å². The highest BCUT2D eigenvalue weighted by molar-refractivity contribution is 7.10. The molecule has 2 N–H and O–H groups in total. The summed E-state index contributed by atoms with van der Waals surface area (Å²) in [5.74, 6) is 0.787. The molecule has 0 saturated heterocycles. The molecule has 1 aliphatic carbocycles. The van der Waals surface area contributed by atoms with Crippen molar-refractivity contribution in [2.75, 3.05) is 13.1 Å². The smallest absolute Gasteiger partial charge is 0.245 e. The van der Waals surface area contributed by atoms with Crippen molar-refractivity contribution in [3.63, 3.8) is 0 Å². The summed E-state index contributed by atoms with van der Waals surface area (Å²) in [4.78, 5) is 19.5. The first-order valence-corrected chi connectivity index (χ1v) is 7.10. The summed E-state index contributed by atoms with van der Waals surface area (Å²) in [6.45, 7) is 1.67. The third-order valence-electron chi connectivity index (χ3n) is 3.85. The lowest BCUT2D eigenvalue weighted by Crippen LogP contribution is -2.41. The lowest BCUT2D eigenvalue weighted by Gasteiger charge is -2.32. The van der Waals surface area contributed by atoms with E-state index in [-0.39, 0.29) is 5.91 Å². The number of rotatable bonds is 2. The van der Waals surface area contributed by atoms with E-state index in [0.29, 0.717) is 5.92 Å². The Bertz CT molecular complexity index is 427. The molecule has 1 aromatic rings. The van der Waals surface area contributed by atoms with Crippen LogP contribution in [0, 0.1) is 5.92 Å². The fourth-order valence-corrected chi connectivity index (χ4v) is 3.38. The minimum atomic E-state index is -0.486. The molecule has 1 aromatic heterocycles. The van der Waals surface area contributed by atoms with Crippen molar-refractivity contribution >= 4 is 17.2 Å². The minimum absolute atomic E-state index is 0.0832. The Kier molecular flexibility index (Phi) is 2.88. The summed E-state index contributed by atoms with van der Waals surface area (Å²) in [5, 5.41) is 0. The molecule has 4 nitrogen and oxygen atoms in total. The Morgan fingerprint density at radius 3 is 3.06 bits per heavy atom. The zero-order chi connectivity index (χ0) is 11.8. The van der Waals surface area contributed by atoms with E-state index >= 15 is 0 Å². The Morgan fingerprint density at radius 1 is 1.53 bits per heavy atom. The monoisotopic (exact) mass is 251 g/mol. The summed E-state index contributed by atoms with van der Waals surface area (Å²) >= 11 is 1.51. The van der Waals surface area contributed by atoms with Crippen LogP contribution in [0.25, 0.3) is 0 Å². The molecule has 2 aliphatic rings. The first-order valence-electron chi connectivity index (χ1n) is 6.22. The van der Waals surface area contributed by atoms with Crippen molar-refractivity contribution in [1.29, 1.82) is 0 Å². The molecule has 1 unspecified atom stereocenters. The van der Waals surface area contributed by atoms with Crippen LogP contribution in [0.1, 0.15) is 35.9 Å². The quantitative estimate of drug-likeness (QED) is 0.862. The molecule has 2 heterocycles. The first kappa shape index (κ1) is 11.2. The maximum absolute atomic E-state index is 12.3. The number of carbonyl (C=O) groups is 1. The Balaban J connectivity index is 1.76. The van der Waals surface area contributed by atoms with Crippen LogP contribution < -0.4 is 5.73 Å². The van der Waals surface area contributed by atoms with Gasteiger partial charge in [-0.2, -0.15) is 0 Å². The third kappa shape index (κ3) is 1.98. The average molecular weight is 251 g/mol. The fraction of sp³-hybridized carbons (Fsp3) is 0.667. The van der Waals surface area contributed by atoms with Crippen LogP contribution in [0.4, 0.5) is 0 Å². The van der Waals surface area contributed by atoms with E-state index in [2.05, 4.69) is 4.98 Å². The molecule has 5 heteroatoms. The third-order valence-corrected chi connectivity index (χ3v) is 4.81. The predicted octanol–water partition coefficient (Wildman–Crippen LogP) is 1.33. The Labute approximate surface area is 105 Å². The molecule has 17 heavy (non-hydrogen) atoms. The van der Waals surface area contributed by atoms with Gasteiger partial charge in [0.1, 0.15) is 6.04 Å². The highest BCUT2D eigenvalue weighted by Crippen LogP contribution is 2.30. The SMILES string of the molecule is NC1C(=O)N(CC2CCC2)CCc2ncsc21. The predicted molar refractivity (Wildman–Crippen MR) is 66.7 cm³/mol. The lowest BCUT2D eigenvalue weighted by atomic mass is 9.85.